The van der Waals surface area contributed by atoms with Gasteiger partial charge in [-0.1, -0.05) is 24.3 Å². The highest BCUT2D eigenvalue weighted by atomic mass is 16.5. The lowest BCUT2D eigenvalue weighted by atomic mass is 10.1. The summed E-state index contributed by atoms with van der Waals surface area (Å²) in [5.41, 5.74) is 6.09. The van der Waals surface area contributed by atoms with Gasteiger partial charge in [-0.05, 0) is 67.8 Å². The van der Waals surface area contributed by atoms with Crippen LogP contribution in [0.2, 0.25) is 0 Å². The number of benzene rings is 2. The highest BCUT2D eigenvalue weighted by Crippen LogP contribution is 2.20. The first kappa shape index (κ1) is 23.0. The number of hydrogen-bond donors (Lipinski definition) is 1. The number of likely N-dealkylation sites (N-methyl/N-ethyl adjacent to an activating group) is 1. The summed E-state index contributed by atoms with van der Waals surface area (Å²) in [5, 5.41) is 2.91. The molecule has 0 spiro atoms. The molecule has 4 rings (SSSR count). The van der Waals surface area contributed by atoms with E-state index in [9.17, 15) is 9.59 Å². The number of pyridine rings is 1. The molecule has 0 aliphatic heterocycles. The maximum atomic E-state index is 12.8. The SMILES string of the molecule is Cc1ccc2nc(COc3ccc(C(=O)N(C)CC(=O)Nc4c(C)cccc4C)cc3)cn2c1. The van der Waals surface area contributed by atoms with E-state index in [2.05, 4.69) is 10.3 Å². The van der Waals surface area contributed by atoms with Crippen molar-refractivity contribution in [2.75, 3.05) is 18.9 Å². The smallest absolute Gasteiger partial charge is 0.254 e. The van der Waals surface area contributed by atoms with Crippen molar-refractivity contribution in [2.45, 2.75) is 27.4 Å². The molecule has 2 amide bonds. The van der Waals surface area contributed by atoms with Gasteiger partial charge in [0.2, 0.25) is 5.91 Å². The van der Waals surface area contributed by atoms with E-state index >= 15 is 0 Å². The topological polar surface area (TPSA) is 75.9 Å². The third-order valence-corrected chi connectivity index (χ3v) is 5.61. The van der Waals surface area contributed by atoms with Gasteiger partial charge in [0.15, 0.2) is 0 Å². The second-order valence-corrected chi connectivity index (χ2v) is 8.49. The van der Waals surface area contributed by atoms with Crippen molar-refractivity contribution in [1.29, 1.82) is 0 Å². The Labute approximate surface area is 199 Å². The lowest BCUT2D eigenvalue weighted by Gasteiger charge is -2.18. The Morgan fingerprint density at radius 2 is 1.68 bits per heavy atom. The van der Waals surface area contributed by atoms with Crippen LogP contribution in [0.15, 0.2) is 67.0 Å². The second kappa shape index (κ2) is 9.79. The van der Waals surface area contributed by atoms with Crippen molar-refractivity contribution in [3.63, 3.8) is 0 Å². The standard InChI is InChI=1S/C27H28N4O3/c1-18-8-13-24-28-22(15-31(24)14-18)17-34-23-11-9-21(10-12-23)27(33)30(4)16-25(32)29-26-19(2)6-5-7-20(26)3/h5-15H,16-17H2,1-4H3,(H,29,32). The van der Waals surface area contributed by atoms with Crippen LogP contribution in [-0.4, -0.2) is 39.7 Å². The largest absolute Gasteiger partial charge is 0.487 e. The maximum Gasteiger partial charge on any atom is 0.254 e. The van der Waals surface area contributed by atoms with Crippen LogP contribution in [0.3, 0.4) is 0 Å². The minimum absolute atomic E-state index is 0.0434. The summed E-state index contributed by atoms with van der Waals surface area (Å²) >= 11 is 0. The van der Waals surface area contributed by atoms with Gasteiger partial charge in [0, 0.05) is 30.7 Å². The third kappa shape index (κ3) is 5.26. The number of nitrogens with one attached hydrogen (secondary N) is 1. The molecule has 0 saturated carbocycles. The van der Waals surface area contributed by atoms with Gasteiger partial charge in [-0.3, -0.25) is 9.59 Å². The van der Waals surface area contributed by atoms with Gasteiger partial charge in [0.25, 0.3) is 5.91 Å². The van der Waals surface area contributed by atoms with E-state index in [-0.39, 0.29) is 18.4 Å². The van der Waals surface area contributed by atoms with Crippen LogP contribution in [0, 0.1) is 20.8 Å². The number of para-hydroxylation sites is 1. The molecule has 0 saturated heterocycles. The van der Waals surface area contributed by atoms with E-state index in [0.717, 1.165) is 33.7 Å². The number of aryl methyl sites for hydroxylation is 3. The summed E-state index contributed by atoms with van der Waals surface area (Å²) in [6, 6.07) is 16.7. The monoisotopic (exact) mass is 456 g/mol. The van der Waals surface area contributed by atoms with Crippen molar-refractivity contribution in [3.8, 4) is 5.75 Å². The van der Waals surface area contributed by atoms with Crippen LogP contribution in [0.25, 0.3) is 5.65 Å². The molecule has 7 heteroatoms. The Morgan fingerprint density at radius 3 is 2.38 bits per heavy atom. The van der Waals surface area contributed by atoms with Crippen LogP contribution in [0.5, 0.6) is 5.75 Å². The van der Waals surface area contributed by atoms with Gasteiger partial charge >= 0.3 is 0 Å². The van der Waals surface area contributed by atoms with E-state index in [1.54, 1.807) is 31.3 Å². The summed E-state index contributed by atoms with van der Waals surface area (Å²) in [5.74, 6) is 0.162. The first-order valence-corrected chi connectivity index (χ1v) is 11.1. The van der Waals surface area contributed by atoms with Crippen molar-refractivity contribution >= 4 is 23.1 Å². The first-order valence-electron chi connectivity index (χ1n) is 11.1. The Bertz CT molecular complexity index is 1320. The summed E-state index contributed by atoms with van der Waals surface area (Å²) in [6.45, 7) is 6.20. The quantitative estimate of drug-likeness (QED) is 0.443. The van der Waals surface area contributed by atoms with Gasteiger partial charge in [-0.15, -0.1) is 0 Å². The molecule has 34 heavy (non-hydrogen) atoms. The van der Waals surface area contributed by atoms with Gasteiger partial charge < -0.3 is 19.4 Å². The van der Waals surface area contributed by atoms with Crippen molar-refractivity contribution in [2.24, 2.45) is 0 Å². The van der Waals surface area contributed by atoms with Gasteiger partial charge in [-0.25, -0.2) is 4.98 Å². The fourth-order valence-electron chi connectivity index (χ4n) is 3.77. The number of nitrogens with zero attached hydrogens (tertiary/aromatic N) is 3. The summed E-state index contributed by atoms with van der Waals surface area (Å²) < 4.78 is 7.81. The molecule has 1 N–H and O–H groups in total. The molecular weight excluding hydrogens is 428 g/mol. The lowest BCUT2D eigenvalue weighted by molar-refractivity contribution is -0.116. The highest BCUT2D eigenvalue weighted by Gasteiger charge is 2.16. The van der Waals surface area contributed by atoms with Gasteiger partial charge in [0.05, 0.1) is 12.2 Å². The second-order valence-electron chi connectivity index (χ2n) is 8.49. The number of ether oxygens (including phenoxy) is 1. The zero-order valence-electron chi connectivity index (χ0n) is 19.8. The van der Waals surface area contributed by atoms with Gasteiger partial charge in [-0.2, -0.15) is 0 Å². The van der Waals surface area contributed by atoms with Crippen molar-refractivity contribution in [1.82, 2.24) is 14.3 Å². The molecule has 4 aromatic rings. The number of rotatable bonds is 7. The van der Waals surface area contributed by atoms with Crippen LogP contribution in [-0.2, 0) is 11.4 Å². The van der Waals surface area contributed by atoms with E-state index in [1.165, 1.54) is 4.90 Å². The van der Waals surface area contributed by atoms with Gasteiger partial charge in [0.1, 0.15) is 18.0 Å². The van der Waals surface area contributed by atoms with Crippen molar-refractivity contribution in [3.05, 3.63) is 94.9 Å². The van der Waals surface area contributed by atoms with E-state index in [0.29, 0.717) is 17.9 Å². The zero-order chi connectivity index (χ0) is 24.2. The molecule has 174 valence electrons. The molecule has 2 aromatic heterocycles. The predicted molar refractivity (Wildman–Crippen MR) is 132 cm³/mol. The molecule has 0 unspecified atom stereocenters. The number of hydrogen-bond acceptors (Lipinski definition) is 4. The zero-order valence-corrected chi connectivity index (χ0v) is 19.8. The number of fused-ring (bicyclic) bond motifs is 1. The number of imidazole rings is 1. The maximum absolute atomic E-state index is 12.8. The molecule has 0 fully saturated rings. The van der Waals surface area contributed by atoms with Crippen molar-refractivity contribution < 1.29 is 14.3 Å². The molecule has 2 heterocycles. The molecule has 0 bridgehead atoms. The molecule has 0 aliphatic carbocycles. The third-order valence-electron chi connectivity index (χ3n) is 5.61. The predicted octanol–water partition coefficient (Wildman–Crippen LogP) is 4.55. The van der Waals surface area contributed by atoms with Crippen LogP contribution < -0.4 is 10.1 Å². The molecule has 0 atom stereocenters. The highest BCUT2D eigenvalue weighted by molar-refractivity contribution is 5.99. The number of anilines is 1. The Hall–Kier alpha value is -4.13. The average Bonchev–Trinajstić information content (AvgIpc) is 3.22. The number of aromatic nitrogens is 2. The normalized spacial score (nSPS) is 10.8. The molecule has 0 aliphatic rings. The molecular formula is C27H28N4O3. The minimum atomic E-state index is -0.240. The van der Waals surface area contributed by atoms with Crippen LogP contribution >= 0.6 is 0 Å². The number of amides is 2. The Balaban J connectivity index is 1.33. The summed E-state index contributed by atoms with van der Waals surface area (Å²) in [4.78, 5) is 31.2. The number of carbonyl (C=O) groups excluding carboxylic acids is 2. The Kier molecular flexibility index (Phi) is 6.63. The molecule has 2 aromatic carbocycles. The van der Waals surface area contributed by atoms with E-state index in [1.807, 2.05) is 67.9 Å². The first-order chi connectivity index (χ1) is 16.3. The minimum Gasteiger partial charge on any atom is -0.487 e. The van der Waals surface area contributed by atoms with E-state index < -0.39 is 0 Å². The van der Waals surface area contributed by atoms with Crippen LogP contribution in [0.4, 0.5) is 5.69 Å². The summed E-state index contributed by atoms with van der Waals surface area (Å²) in [6.07, 6.45) is 3.96. The molecule has 0 radical (unpaired) electrons. The lowest BCUT2D eigenvalue weighted by Crippen LogP contribution is -2.35. The van der Waals surface area contributed by atoms with Crippen LogP contribution in [0.1, 0.15) is 32.7 Å². The fraction of sp³-hybridized carbons (Fsp3) is 0.222. The number of carbonyl (C=O) groups is 2. The summed E-state index contributed by atoms with van der Waals surface area (Å²) in [7, 11) is 1.61. The Morgan fingerprint density at radius 1 is 0.971 bits per heavy atom. The van der Waals surface area contributed by atoms with E-state index in [4.69, 9.17) is 4.74 Å². The molecule has 7 nitrogen and oxygen atoms in total. The fourth-order valence-corrected chi connectivity index (χ4v) is 3.77. The average molecular weight is 457 g/mol.